The Balaban J connectivity index is 1.60. The summed E-state index contributed by atoms with van der Waals surface area (Å²) in [6, 6.07) is 7.84. The summed E-state index contributed by atoms with van der Waals surface area (Å²) in [6.07, 6.45) is -1.53. The van der Waals surface area contributed by atoms with Gasteiger partial charge in [0.05, 0.1) is 17.0 Å². The number of alkyl halides is 3. The van der Waals surface area contributed by atoms with Gasteiger partial charge in [0.25, 0.3) is 0 Å². The second-order valence-electron chi connectivity index (χ2n) is 6.35. The predicted octanol–water partition coefficient (Wildman–Crippen LogP) is 3.81. The van der Waals surface area contributed by atoms with Crippen LogP contribution >= 0.6 is 0 Å². The maximum atomic E-state index is 12.7. The topological polar surface area (TPSA) is 60.2 Å². The van der Waals surface area contributed by atoms with Gasteiger partial charge in [-0.15, -0.1) is 5.10 Å². The minimum absolute atomic E-state index is 0.0637. The normalized spacial score (nSPS) is 14.8. The Kier molecular flexibility index (Phi) is 4.29. The van der Waals surface area contributed by atoms with Crippen molar-refractivity contribution in [2.75, 3.05) is 13.1 Å². The fourth-order valence-corrected chi connectivity index (χ4v) is 3.02. The van der Waals surface area contributed by atoms with E-state index in [1.54, 1.807) is 27.9 Å². The minimum Gasteiger partial charge on any atom is -0.437 e. The summed E-state index contributed by atoms with van der Waals surface area (Å²) in [5.41, 5.74) is -0.168. The van der Waals surface area contributed by atoms with Crippen molar-refractivity contribution in [1.29, 1.82) is 0 Å². The average molecular weight is 388 g/mol. The van der Waals surface area contributed by atoms with Gasteiger partial charge in [0.15, 0.2) is 5.65 Å². The molecule has 4 rings (SSSR count). The molecule has 3 aromatic rings. The number of carbonyl (C=O) groups is 1. The van der Waals surface area contributed by atoms with E-state index in [9.17, 15) is 18.0 Å². The van der Waals surface area contributed by atoms with Crippen LogP contribution in [0.3, 0.4) is 0 Å². The Morgan fingerprint density at radius 3 is 2.57 bits per heavy atom. The molecule has 6 nitrogen and oxygen atoms in total. The Labute approximate surface area is 157 Å². The van der Waals surface area contributed by atoms with Crippen LogP contribution in [0.2, 0.25) is 0 Å². The summed E-state index contributed by atoms with van der Waals surface area (Å²) >= 11 is 0. The summed E-state index contributed by atoms with van der Waals surface area (Å²) in [5.74, 6) is 0.332. The molecule has 2 aromatic heterocycles. The smallest absolute Gasteiger partial charge is 0.416 e. The first-order valence-corrected chi connectivity index (χ1v) is 8.46. The van der Waals surface area contributed by atoms with E-state index in [1.165, 1.54) is 18.2 Å². The predicted molar refractivity (Wildman–Crippen MR) is 94.9 cm³/mol. The molecule has 0 saturated carbocycles. The summed E-state index contributed by atoms with van der Waals surface area (Å²) in [4.78, 5) is 17.6. The first-order valence-electron chi connectivity index (χ1n) is 8.46. The number of fused-ring (bicyclic) bond motifs is 1. The largest absolute Gasteiger partial charge is 0.437 e. The van der Waals surface area contributed by atoms with E-state index in [4.69, 9.17) is 4.74 Å². The molecule has 144 valence electrons. The van der Waals surface area contributed by atoms with Crippen molar-refractivity contribution in [1.82, 2.24) is 19.7 Å². The van der Waals surface area contributed by atoms with E-state index >= 15 is 0 Å². The lowest BCUT2D eigenvalue weighted by atomic mass is 10.1. The second-order valence-corrected chi connectivity index (χ2v) is 6.35. The first kappa shape index (κ1) is 18.0. The zero-order valence-corrected chi connectivity index (χ0v) is 14.6. The minimum atomic E-state index is -4.41. The number of benzene rings is 1. The van der Waals surface area contributed by atoms with Crippen molar-refractivity contribution in [3.05, 3.63) is 60.8 Å². The molecule has 0 bridgehead atoms. The molecular weight excluding hydrogens is 373 g/mol. The molecule has 1 aromatic carbocycles. The van der Waals surface area contributed by atoms with Gasteiger partial charge in [0.2, 0.25) is 11.8 Å². The van der Waals surface area contributed by atoms with Crippen molar-refractivity contribution in [3.8, 4) is 11.6 Å². The van der Waals surface area contributed by atoms with Gasteiger partial charge in [0.1, 0.15) is 5.75 Å². The number of amides is 1. The van der Waals surface area contributed by atoms with E-state index in [2.05, 4.69) is 16.7 Å². The molecular formula is C19H15F3N4O2. The van der Waals surface area contributed by atoms with Gasteiger partial charge in [0, 0.05) is 19.3 Å². The molecule has 0 atom stereocenters. The van der Waals surface area contributed by atoms with E-state index < -0.39 is 11.7 Å². The van der Waals surface area contributed by atoms with Crippen LogP contribution in [0.25, 0.3) is 11.0 Å². The van der Waals surface area contributed by atoms with Crippen LogP contribution < -0.4 is 4.74 Å². The van der Waals surface area contributed by atoms with E-state index in [1.807, 2.05) is 0 Å². The lowest BCUT2D eigenvalue weighted by Crippen LogP contribution is -2.50. The summed E-state index contributed by atoms with van der Waals surface area (Å²) in [6.45, 7) is 4.41. The standard InChI is InChI=1S/C19H15F3N4O2/c1-2-16(27)25-10-13(11-25)26-17-15(4-3-9-23-17)18(24-26)28-14-7-5-12(6-8-14)19(20,21)22/h2-9,13H,1,10-11H2. The number of halogens is 3. The molecule has 0 unspecified atom stereocenters. The maximum Gasteiger partial charge on any atom is 0.416 e. The second kappa shape index (κ2) is 6.66. The molecule has 1 aliphatic rings. The average Bonchev–Trinajstić information content (AvgIpc) is 2.98. The molecule has 0 radical (unpaired) electrons. The highest BCUT2D eigenvalue weighted by Gasteiger charge is 2.33. The Bertz CT molecular complexity index is 1040. The van der Waals surface area contributed by atoms with E-state index in [-0.39, 0.29) is 23.6 Å². The molecule has 28 heavy (non-hydrogen) atoms. The van der Waals surface area contributed by atoms with Crippen molar-refractivity contribution in [3.63, 3.8) is 0 Å². The van der Waals surface area contributed by atoms with Gasteiger partial charge in [-0.05, 0) is 42.5 Å². The number of hydrogen-bond acceptors (Lipinski definition) is 4. The van der Waals surface area contributed by atoms with Crippen molar-refractivity contribution < 1.29 is 22.7 Å². The highest BCUT2D eigenvalue weighted by Crippen LogP contribution is 2.34. The lowest BCUT2D eigenvalue weighted by molar-refractivity contribution is -0.137. The number of hydrogen-bond donors (Lipinski definition) is 0. The number of aromatic nitrogens is 3. The van der Waals surface area contributed by atoms with Gasteiger partial charge in [-0.3, -0.25) is 4.79 Å². The molecule has 3 heterocycles. The lowest BCUT2D eigenvalue weighted by Gasteiger charge is -2.38. The number of rotatable bonds is 4. The molecule has 0 aliphatic carbocycles. The highest BCUT2D eigenvalue weighted by molar-refractivity contribution is 5.88. The SMILES string of the molecule is C=CC(=O)N1CC(n2nc(Oc3ccc(C(F)(F)F)cc3)c3cccnc32)C1. The third-order valence-electron chi connectivity index (χ3n) is 4.52. The number of likely N-dealkylation sites (tertiary alicyclic amines) is 1. The van der Waals surface area contributed by atoms with Crippen molar-refractivity contribution in [2.45, 2.75) is 12.2 Å². The number of ether oxygens (including phenoxy) is 1. The van der Waals surface area contributed by atoms with Crippen molar-refractivity contribution in [2.24, 2.45) is 0 Å². The van der Waals surface area contributed by atoms with Crippen molar-refractivity contribution >= 4 is 16.9 Å². The Hall–Kier alpha value is -3.36. The fraction of sp³-hybridized carbons (Fsp3) is 0.211. The van der Waals surface area contributed by atoms with Gasteiger partial charge in [-0.25, -0.2) is 9.67 Å². The summed E-state index contributed by atoms with van der Waals surface area (Å²) in [5, 5.41) is 5.08. The molecule has 1 fully saturated rings. The molecule has 1 saturated heterocycles. The zero-order chi connectivity index (χ0) is 19.9. The molecule has 0 spiro atoms. The van der Waals surface area contributed by atoms with Crippen LogP contribution in [0.15, 0.2) is 55.3 Å². The Morgan fingerprint density at radius 2 is 1.93 bits per heavy atom. The molecule has 1 aliphatic heterocycles. The quantitative estimate of drug-likeness (QED) is 0.638. The zero-order valence-electron chi connectivity index (χ0n) is 14.6. The maximum absolute atomic E-state index is 12.7. The van der Waals surface area contributed by atoms with E-state index in [0.29, 0.717) is 24.1 Å². The third kappa shape index (κ3) is 3.19. The highest BCUT2D eigenvalue weighted by atomic mass is 19.4. The van der Waals surface area contributed by atoms with E-state index in [0.717, 1.165) is 12.1 Å². The fourth-order valence-electron chi connectivity index (χ4n) is 3.02. The van der Waals surface area contributed by atoms with Gasteiger partial charge < -0.3 is 9.64 Å². The Morgan fingerprint density at radius 1 is 1.21 bits per heavy atom. The van der Waals surface area contributed by atoms with Crippen LogP contribution in [0.5, 0.6) is 11.6 Å². The van der Waals surface area contributed by atoms with Gasteiger partial charge in [-0.2, -0.15) is 13.2 Å². The van der Waals surface area contributed by atoms with Crippen LogP contribution in [0.1, 0.15) is 11.6 Å². The number of carbonyl (C=O) groups excluding carboxylic acids is 1. The van der Waals surface area contributed by atoms with Crippen LogP contribution in [-0.4, -0.2) is 38.7 Å². The number of pyridine rings is 1. The third-order valence-corrected chi connectivity index (χ3v) is 4.52. The molecule has 1 amide bonds. The summed E-state index contributed by atoms with van der Waals surface area (Å²) in [7, 11) is 0. The van der Waals surface area contributed by atoms with Gasteiger partial charge in [-0.1, -0.05) is 6.58 Å². The number of nitrogens with zero attached hydrogens (tertiary/aromatic N) is 4. The van der Waals surface area contributed by atoms with Crippen LogP contribution in [0, 0.1) is 0 Å². The first-order chi connectivity index (χ1) is 13.4. The monoisotopic (exact) mass is 388 g/mol. The summed E-state index contributed by atoms with van der Waals surface area (Å²) < 4.78 is 45.5. The van der Waals surface area contributed by atoms with Gasteiger partial charge >= 0.3 is 6.18 Å². The van der Waals surface area contributed by atoms with Crippen LogP contribution in [0.4, 0.5) is 13.2 Å². The molecule has 9 heteroatoms. The van der Waals surface area contributed by atoms with Crippen LogP contribution in [-0.2, 0) is 11.0 Å². The molecule has 0 N–H and O–H groups in total.